The Labute approximate surface area is 102 Å². The molecule has 1 atom stereocenters. The van der Waals surface area contributed by atoms with E-state index in [1.807, 2.05) is 6.92 Å². The van der Waals surface area contributed by atoms with E-state index in [1.54, 1.807) is 6.92 Å². The number of aromatic nitrogens is 1. The van der Waals surface area contributed by atoms with Gasteiger partial charge in [0.25, 0.3) is 0 Å². The van der Waals surface area contributed by atoms with Crippen LogP contribution in [0.25, 0.3) is 0 Å². The van der Waals surface area contributed by atoms with Gasteiger partial charge < -0.3 is 9.84 Å². The SMILES string of the molecule is Cc1cc(C(=O)O)cc(OC(C)CC(C)C)n1. The van der Waals surface area contributed by atoms with Crippen molar-refractivity contribution in [2.24, 2.45) is 5.92 Å². The fourth-order valence-electron chi connectivity index (χ4n) is 1.74. The Balaban J connectivity index is 2.80. The second kappa shape index (κ2) is 5.66. The predicted molar refractivity (Wildman–Crippen MR) is 65.5 cm³/mol. The Morgan fingerprint density at radius 3 is 2.59 bits per heavy atom. The molecular formula is C13H19NO3. The lowest BCUT2D eigenvalue weighted by Gasteiger charge is -2.16. The third kappa shape index (κ3) is 4.43. The molecule has 17 heavy (non-hydrogen) atoms. The average Bonchev–Trinajstić information content (AvgIpc) is 2.14. The maximum atomic E-state index is 10.9. The van der Waals surface area contributed by atoms with E-state index in [2.05, 4.69) is 18.8 Å². The average molecular weight is 237 g/mol. The molecule has 1 aromatic rings. The number of carboxylic acids is 1. The largest absolute Gasteiger partial charge is 0.478 e. The van der Waals surface area contributed by atoms with Crippen LogP contribution in [0.4, 0.5) is 0 Å². The molecule has 0 aliphatic rings. The van der Waals surface area contributed by atoms with Gasteiger partial charge in [-0.3, -0.25) is 0 Å². The van der Waals surface area contributed by atoms with E-state index in [4.69, 9.17) is 9.84 Å². The molecule has 0 bridgehead atoms. The van der Waals surface area contributed by atoms with Crippen molar-refractivity contribution in [3.8, 4) is 5.88 Å². The summed E-state index contributed by atoms with van der Waals surface area (Å²) in [5.41, 5.74) is 0.862. The molecule has 0 aliphatic carbocycles. The number of carbonyl (C=O) groups is 1. The van der Waals surface area contributed by atoms with Gasteiger partial charge in [0.2, 0.25) is 5.88 Å². The number of pyridine rings is 1. The van der Waals surface area contributed by atoms with Crippen molar-refractivity contribution in [2.45, 2.75) is 40.2 Å². The zero-order valence-corrected chi connectivity index (χ0v) is 10.7. The monoisotopic (exact) mass is 237 g/mol. The van der Waals surface area contributed by atoms with E-state index in [0.717, 1.165) is 6.42 Å². The predicted octanol–water partition coefficient (Wildman–Crippen LogP) is 2.90. The van der Waals surface area contributed by atoms with Gasteiger partial charge in [0.1, 0.15) is 0 Å². The van der Waals surface area contributed by atoms with Gasteiger partial charge in [-0.25, -0.2) is 9.78 Å². The molecule has 0 saturated heterocycles. The summed E-state index contributed by atoms with van der Waals surface area (Å²) in [4.78, 5) is 15.1. The molecule has 1 aromatic heterocycles. The smallest absolute Gasteiger partial charge is 0.335 e. The van der Waals surface area contributed by atoms with Gasteiger partial charge in [0.05, 0.1) is 11.7 Å². The van der Waals surface area contributed by atoms with E-state index < -0.39 is 5.97 Å². The normalized spacial score (nSPS) is 12.5. The molecule has 94 valence electrons. The first kappa shape index (κ1) is 13.5. The second-order valence-corrected chi connectivity index (χ2v) is 4.70. The van der Waals surface area contributed by atoms with Crippen molar-refractivity contribution in [3.63, 3.8) is 0 Å². The fourth-order valence-corrected chi connectivity index (χ4v) is 1.74. The topological polar surface area (TPSA) is 59.4 Å². The summed E-state index contributed by atoms with van der Waals surface area (Å²) in [6, 6.07) is 2.99. The highest BCUT2D eigenvalue weighted by Gasteiger charge is 2.11. The van der Waals surface area contributed by atoms with Gasteiger partial charge in [0, 0.05) is 11.8 Å². The number of aromatic carboxylic acids is 1. The van der Waals surface area contributed by atoms with E-state index in [0.29, 0.717) is 17.5 Å². The highest BCUT2D eigenvalue weighted by molar-refractivity contribution is 5.87. The van der Waals surface area contributed by atoms with Crippen molar-refractivity contribution in [1.29, 1.82) is 0 Å². The van der Waals surface area contributed by atoms with Gasteiger partial charge >= 0.3 is 5.97 Å². The summed E-state index contributed by atoms with van der Waals surface area (Å²) in [5.74, 6) is -0.0406. The number of nitrogens with zero attached hydrogens (tertiary/aromatic N) is 1. The number of hydrogen-bond acceptors (Lipinski definition) is 3. The summed E-state index contributed by atoms with van der Waals surface area (Å²) in [6.07, 6.45) is 0.948. The maximum Gasteiger partial charge on any atom is 0.335 e. The minimum absolute atomic E-state index is 0.0333. The van der Waals surface area contributed by atoms with Gasteiger partial charge in [-0.15, -0.1) is 0 Å². The van der Waals surface area contributed by atoms with Gasteiger partial charge in [0.15, 0.2) is 0 Å². The molecule has 0 saturated carbocycles. The Morgan fingerprint density at radius 2 is 2.06 bits per heavy atom. The van der Waals surface area contributed by atoms with Crippen LogP contribution in [-0.4, -0.2) is 22.2 Å². The first-order chi connectivity index (χ1) is 7.88. The van der Waals surface area contributed by atoms with Crippen LogP contribution in [0.5, 0.6) is 5.88 Å². The van der Waals surface area contributed by atoms with Crippen LogP contribution in [0, 0.1) is 12.8 Å². The Kier molecular flexibility index (Phi) is 4.49. The van der Waals surface area contributed by atoms with Crippen LogP contribution in [0.3, 0.4) is 0 Å². The maximum absolute atomic E-state index is 10.9. The number of carboxylic acid groups (broad SMARTS) is 1. The van der Waals surface area contributed by atoms with Gasteiger partial charge in [-0.05, 0) is 32.3 Å². The number of aryl methyl sites for hydroxylation is 1. The van der Waals surface area contributed by atoms with Crippen molar-refractivity contribution in [2.75, 3.05) is 0 Å². The van der Waals surface area contributed by atoms with E-state index >= 15 is 0 Å². The number of hydrogen-bond donors (Lipinski definition) is 1. The van der Waals surface area contributed by atoms with Gasteiger partial charge in [-0.1, -0.05) is 13.8 Å². The lowest BCUT2D eigenvalue weighted by atomic mass is 10.1. The molecule has 1 rings (SSSR count). The molecule has 1 unspecified atom stereocenters. The summed E-state index contributed by atoms with van der Waals surface area (Å²) in [5, 5.41) is 8.93. The highest BCUT2D eigenvalue weighted by Crippen LogP contribution is 2.16. The number of rotatable bonds is 5. The Hall–Kier alpha value is -1.58. The summed E-state index contributed by atoms with van der Waals surface area (Å²) >= 11 is 0. The van der Waals surface area contributed by atoms with Crippen LogP contribution < -0.4 is 4.74 Å². The standard InChI is InChI=1S/C13H19NO3/c1-8(2)5-10(4)17-12-7-11(13(15)16)6-9(3)14-12/h6-8,10H,5H2,1-4H3,(H,15,16). The molecule has 4 heteroatoms. The van der Waals surface area contributed by atoms with Crippen LogP contribution in [0.2, 0.25) is 0 Å². The van der Waals surface area contributed by atoms with Crippen LogP contribution in [-0.2, 0) is 0 Å². The molecule has 0 spiro atoms. The third-order valence-corrected chi connectivity index (χ3v) is 2.30. The van der Waals surface area contributed by atoms with Crippen LogP contribution >= 0.6 is 0 Å². The minimum Gasteiger partial charge on any atom is -0.478 e. The lowest BCUT2D eigenvalue weighted by molar-refractivity contribution is 0.0695. The molecule has 4 nitrogen and oxygen atoms in total. The molecular weight excluding hydrogens is 218 g/mol. The van der Waals surface area contributed by atoms with E-state index in [1.165, 1.54) is 12.1 Å². The van der Waals surface area contributed by atoms with Crippen molar-refractivity contribution in [1.82, 2.24) is 4.98 Å². The van der Waals surface area contributed by atoms with Gasteiger partial charge in [-0.2, -0.15) is 0 Å². The minimum atomic E-state index is -0.961. The molecule has 0 fully saturated rings. The second-order valence-electron chi connectivity index (χ2n) is 4.70. The lowest BCUT2D eigenvalue weighted by Crippen LogP contribution is -2.15. The van der Waals surface area contributed by atoms with Crippen molar-refractivity contribution < 1.29 is 14.6 Å². The van der Waals surface area contributed by atoms with E-state index in [9.17, 15) is 4.79 Å². The molecule has 1 heterocycles. The third-order valence-electron chi connectivity index (χ3n) is 2.30. The molecule has 0 aromatic carbocycles. The summed E-state index contributed by atoms with van der Waals surface area (Å²) < 4.78 is 5.62. The number of ether oxygens (including phenoxy) is 1. The quantitative estimate of drug-likeness (QED) is 0.855. The molecule has 0 aliphatic heterocycles. The summed E-state index contributed by atoms with van der Waals surface area (Å²) in [7, 11) is 0. The summed E-state index contributed by atoms with van der Waals surface area (Å²) in [6.45, 7) is 7.95. The van der Waals surface area contributed by atoms with Crippen LogP contribution in [0.15, 0.2) is 12.1 Å². The first-order valence-electron chi connectivity index (χ1n) is 5.77. The highest BCUT2D eigenvalue weighted by atomic mass is 16.5. The fraction of sp³-hybridized carbons (Fsp3) is 0.538. The molecule has 0 radical (unpaired) electrons. The Morgan fingerprint density at radius 1 is 1.41 bits per heavy atom. The Bertz CT molecular complexity index is 402. The van der Waals surface area contributed by atoms with Crippen molar-refractivity contribution in [3.05, 3.63) is 23.4 Å². The molecule has 0 amide bonds. The van der Waals surface area contributed by atoms with E-state index in [-0.39, 0.29) is 11.7 Å². The first-order valence-corrected chi connectivity index (χ1v) is 5.77. The van der Waals surface area contributed by atoms with Crippen molar-refractivity contribution >= 4 is 5.97 Å². The molecule has 1 N–H and O–H groups in total. The van der Waals surface area contributed by atoms with Crippen LogP contribution in [0.1, 0.15) is 43.2 Å². The zero-order chi connectivity index (χ0) is 13.0. The zero-order valence-electron chi connectivity index (χ0n) is 10.7.